The van der Waals surface area contributed by atoms with Crippen LogP contribution in [0.5, 0.6) is 5.75 Å². The molecule has 0 saturated heterocycles. The second-order valence-corrected chi connectivity index (χ2v) is 5.16. The van der Waals surface area contributed by atoms with Crippen LogP contribution in [0.4, 0.5) is 10.1 Å². The van der Waals surface area contributed by atoms with Gasteiger partial charge in [-0.2, -0.15) is 0 Å². The average molecular weight is 345 g/mol. The Hall–Kier alpha value is -1.26. The van der Waals surface area contributed by atoms with E-state index in [9.17, 15) is 4.39 Å². The van der Waals surface area contributed by atoms with Crippen molar-refractivity contribution in [2.24, 2.45) is 0 Å². The van der Waals surface area contributed by atoms with E-state index in [1.54, 1.807) is 19.2 Å². The first kappa shape index (κ1) is 14.2. The number of benzene rings is 2. The van der Waals surface area contributed by atoms with E-state index in [4.69, 9.17) is 16.3 Å². The summed E-state index contributed by atoms with van der Waals surface area (Å²) in [5, 5.41) is 3.54. The molecule has 5 heteroatoms. The maximum atomic E-state index is 13.6. The van der Waals surface area contributed by atoms with E-state index in [0.717, 1.165) is 15.9 Å². The van der Waals surface area contributed by atoms with E-state index >= 15 is 0 Å². The molecule has 0 atom stereocenters. The average Bonchev–Trinajstić information content (AvgIpc) is 2.38. The van der Waals surface area contributed by atoms with Crippen molar-refractivity contribution in [2.45, 2.75) is 6.54 Å². The number of anilines is 1. The number of ether oxygens (including phenoxy) is 1. The van der Waals surface area contributed by atoms with Crippen molar-refractivity contribution >= 4 is 33.2 Å². The van der Waals surface area contributed by atoms with Crippen LogP contribution in [0.1, 0.15) is 5.56 Å². The molecule has 2 aromatic rings. The molecule has 2 aromatic carbocycles. The summed E-state index contributed by atoms with van der Waals surface area (Å²) in [5.41, 5.74) is 1.31. The van der Waals surface area contributed by atoms with E-state index in [1.807, 2.05) is 18.2 Å². The topological polar surface area (TPSA) is 21.3 Å². The second kappa shape index (κ2) is 6.26. The molecule has 1 N–H and O–H groups in total. The molecular weight excluding hydrogens is 333 g/mol. The van der Waals surface area contributed by atoms with E-state index in [-0.39, 0.29) is 5.82 Å². The quantitative estimate of drug-likeness (QED) is 0.855. The highest BCUT2D eigenvalue weighted by atomic mass is 79.9. The van der Waals surface area contributed by atoms with Gasteiger partial charge in [-0.25, -0.2) is 4.39 Å². The number of hydrogen-bond acceptors (Lipinski definition) is 2. The van der Waals surface area contributed by atoms with Gasteiger partial charge in [0.15, 0.2) is 0 Å². The van der Waals surface area contributed by atoms with Crippen LogP contribution < -0.4 is 10.1 Å². The summed E-state index contributed by atoms with van der Waals surface area (Å²) < 4.78 is 19.6. The number of methoxy groups -OCH3 is 1. The van der Waals surface area contributed by atoms with E-state index in [0.29, 0.717) is 17.1 Å². The number of nitrogens with one attached hydrogen (secondary N) is 1. The lowest BCUT2D eigenvalue weighted by Gasteiger charge is -2.10. The summed E-state index contributed by atoms with van der Waals surface area (Å²) in [7, 11) is 1.60. The van der Waals surface area contributed by atoms with E-state index < -0.39 is 0 Å². The molecule has 2 rings (SSSR count). The minimum atomic E-state index is -0.312. The summed E-state index contributed by atoms with van der Waals surface area (Å²) in [6, 6.07) is 10.2. The first-order valence-corrected chi connectivity index (χ1v) is 6.79. The van der Waals surface area contributed by atoms with Gasteiger partial charge in [0, 0.05) is 22.8 Å². The van der Waals surface area contributed by atoms with Gasteiger partial charge in [0.1, 0.15) is 11.6 Å². The van der Waals surface area contributed by atoms with Crippen LogP contribution in [0.25, 0.3) is 0 Å². The molecule has 0 heterocycles. The van der Waals surface area contributed by atoms with Crippen LogP contribution in [0.3, 0.4) is 0 Å². The molecule has 0 amide bonds. The molecule has 2 nitrogen and oxygen atoms in total. The van der Waals surface area contributed by atoms with Crippen LogP contribution in [-0.4, -0.2) is 7.11 Å². The molecule has 0 fully saturated rings. The largest absolute Gasteiger partial charge is 0.496 e. The SMILES string of the molecule is COc1ccc(NCc2c(F)cccc2Cl)cc1Br. The van der Waals surface area contributed by atoms with Gasteiger partial charge in [0.25, 0.3) is 0 Å². The van der Waals surface area contributed by atoms with Gasteiger partial charge >= 0.3 is 0 Å². The van der Waals surface area contributed by atoms with Crippen molar-refractivity contribution in [3.8, 4) is 5.75 Å². The van der Waals surface area contributed by atoms with Gasteiger partial charge in [-0.3, -0.25) is 0 Å². The Labute approximate surface area is 124 Å². The fourth-order valence-electron chi connectivity index (χ4n) is 1.67. The molecule has 0 aliphatic heterocycles. The van der Waals surface area contributed by atoms with Crippen molar-refractivity contribution in [3.63, 3.8) is 0 Å². The predicted octanol–water partition coefficient (Wildman–Crippen LogP) is 4.86. The number of halogens is 3. The Bertz CT molecular complexity index is 571. The van der Waals surface area contributed by atoms with Gasteiger partial charge in [0.2, 0.25) is 0 Å². The van der Waals surface area contributed by atoms with Crippen LogP contribution in [0, 0.1) is 5.82 Å². The van der Waals surface area contributed by atoms with Gasteiger partial charge in [-0.15, -0.1) is 0 Å². The molecule has 0 unspecified atom stereocenters. The molecule has 0 aromatic heterocycles. The van der Waals surface area contributed by atoms with Crippen LogP contribution in [0.2, 0.25) is 5.02 Å². The lowest BCUT2D eigenvalue weighted by atomic mass is 10.2. The second-order valence-electron chi connectivity index (χ2n) is 3.90. The third-order valence-corrected chi connectivity index (χ3v) is 3.66. The number of rotatable bonds is 4. The van der Waals surface area contributed by atoms with Gasteiger partial charge in [-0.1, -0.05) is 17.7 Å². The summed E-state index contributed by atoms with van der Waals surface area (Å²) in [6.45, 7) is 0.324. The lowest BCUT2D eigenvalue weighted by Crippen LogP contribution is -2.02. The highest BCUT2D eigenvalue weighted by molar-refractivity contribution is 9.10. The molecule has 0 spiro atoms. The van der Waals surface area contributed by atoms with Crippen LogP contribution in [0.15, 0.2) is 40.9 Å². The standard InChI is InChI=1S/C14H12BrClFNO/c1-19-14-6-5-9(7-11(14)15)18-8-10-12(16)3-2-4-13(10)17/h2-7,18H,8H2,1H3. The molecule has 0 bridgehead atoms. The first-order chi connectivity index (χ1) is 9.11. The Morgan fingerprint density at radius 1 is 1.32 bits per heavy atom. The summed E-state index contributed by atoms with van der Waals surface area (Å²) in [6.07, 6.45) is 0. The third kappa shape index (κ3) is 3.39. The van der Waals surface area contributed by atoms with Gasteiger partial charge in [-0.05, 0) is 46.3 Å². The smallest absolute Gasteiger partial charge is 0.133 e. The van der Waals surface area contributed by atoms with Crippen molar-refractivity contribution in [2.75, 3.05) is 12.4 Å². The first-order valence-electron chi connectivity index (χ1n) is 5.62. The van der Waals surface area contributed by atoms with E-state index in [1.165, 1.54) is 6.07 Å². The number of hydrogen-bond donors (Lipinski definition) is 1. The predicted molar refractivity (Wildman–Crippen MR) is 79.4 cm³/mol. The Morgan fingerprint density at radius 2 is 2.11 bits per heavy atom. The zero-order valence-electron chi connectivity index (χ0n) is 10.2. The van der Waals surface area contributed by atoms with Gasteiger partial charge in [0.05, 0.1) is 11.6 Å². The minimum Gasteiger partial charge on any atom is -0.496 e. The van der Waals surface area contributed by atoms with Crippen molar-refractivity contribution < 1.29 is 9.13 Å². The monoisotopic (exact) mass is 343 g/mol. The molecule has 0 saturated carbocycles. The highest BCUT2D eigenvalue weighted by Gasteiger charge is 2.07. The van der Waals surface area contributed by atoms with E-state index in [2.05, 4.69) is 21.2 Å². The summed E-state index contributed by atoms with van der Waals surface area (Å²) in [4.78, 5) is 0. The Kier molecular flexibility index (Phi) is 4.66. The van der Waals surface area contributed by atoms with Crippen LogP contribution >= 0.6 is 27.5 Å². The normalized spacial score (nSPS) is 10.3. The maximum absolute atomic E-state index is 13.6. The van der Waals surface area contributed by atoms with Gasteiger partial charge < -0.3 is 10.1 Å². The Balaban J connectivity index is 2.13. The maximum Gasteiger partial charge on any atom is 0.133 e. The fraction of sp³-hybridized carbons (Fsp3) is 0.143. The molecular formula is C14H12BrClFNO. The highest BCUT2D eigenvalue weighted by Crippen LogP contribution is 2.28. The third-order valence-electron chi connectivity index (χ3n) is 2.68. The van der Waals surface area contributed by atoms with Crippen molar-refractivity contribution in [1.82, 2.24) is 0 Å². The molecule has 19 heavy (non-hydrogen) atoms. The molecule has 0 radical (unpaired) electrons. The van der Waals surface area contributed by atoms with Crippen molar-refractivity contribution in [3.05, 3.63) is 57.3 Å². The van der Waals surface area contributed by atoms with Crippen LogP contribution in [-0.2, 0) is 6.54 Å². The zero-order valence-corrected chi connectivity index (χ0v) is 12.6. The Morgan fingerprint density at radius 3 is 2.74 bits per heavy atom. The molecule has 0 aliphatic rings. The zero-order chi connectivity index (χ0) is 13.8. The molecule has 0 aliphatic carbocycles. The fourth-order valence-corrected chi connectivity index (χ4v) is 2.44. The summed E-state index contributed by atoms with van der Waals surface area (Å²) in [5.74, 6) is 0.432. The lowest BCUT2D eigenvalue weighted by molar-refractivity contribution is 0.412. The minimum absolute atomic E-state index is 0.312. The summed E-state index contributed by atoms with van der Waals surface area (Å²) >= 11 is 9.36. The van der Waals surface area contributed by atoms with Crippen molar-refractivity contribution in [1.29, 1.82) is 0 Å². The molecule has 100 valence electrons.